The second kappa shape index (κ2) is 3.83. The van der Waals surface area contributed by atoms with Crippen LogP contribution in [-0.4, -0.2) is 34.0 Å². The lowest BCUT2D eigenvalue weighted by Gasteiger charge is -2.13. The van der Waals surface area contributed by atoms with E-state index in [2.05, 4.69) is 31.0 Å². The molecule has 2 aromatic rings. The fourth-order valence-electron chi connectivity index (χ4n) is 2.59. The first kappa shape index (κ1) is 11.3. The molecule has 1 saturated heterocycles. The number of hydrogen-bond acceptors (Lipinski definition) is 2. The monoisotopic (exact) mass is 243 g/mol. The highest BCUT2D eigenvalue weighted by Gasteiger charge is 2.31. The molecule has 0 spiro atoms. The van der Waals surface area contributed by atoms with Crippen LogP contribution in [0.1, 0.15) is 23.6 Å². The predicted molar refractivity (Wildman–Crippen MR) is 70.5 cm³/mol. The van der Waals surface area contributed by atoms with Gasteiger partial charge in [0, 0.05) is 13.6 Å². The SMILES string of the molecule is Cc1cc2ncn(C3CCN(C)C3=O)c2cc1C. The van der Waals surface area contributed by atoms with Gasteiger partial charge in [-0.3, -0.25) is 4.79 Å². The Bertz CT molecular complexity index is 629. The molecule has 1 fully saturated rings. The van der Waals surface area contributed by atoms with E-state index >= 15 is 0 Å². The van der Waals surface area contributed by atoms with E-state index in [4.69, 9.17) is 0 Å². The lowest BCUT2D eigenvalue weighted by Crippen LogP contribution is -2.24. The summed E-state index contributed by atoms with van der Waals surface area (Å²) in [5.41, 5.74) is 4.51. The van der Waals surface area contributed by atoms with Gasteiger partial charge in [0.1, 0.15) is 6.04 Å². The number of hydrogen-bond donors (Lipinski definition) is 0. The number of likely N-dealkylation sites (tertiary alicyclic amines) is 1. The molecule has 94 valence electrons. The molecule has 1 unspecified atom stereocenters. The van der Waals surface area contributed by atoms with Gasteiger partial charge in [-0.25, -0.2) is 4.98 Å². The summed E-state index contributed by atoms with van der Waals surface area (Å²) >= 11 is 0. The van der Waals surface area contributed by atoms with Crippen molar-refractivity contribution in [3.8, 4) is 0 Å². The summed E-state index contributed by atoms with van der Waals surface area (Å²) in [5, 5.41) is 0. The standard InChI is InChI=1S/C14H17N3O/c1-9-6-11-13(7-10(9)2)17(8-15-11)12-4-5-16(3)14(12)18/h6-8,12H,4-5H2,1-3H3. The van der Waals surface area contributed by atoms with Crippen LogP contribution in [0.3, 0.4) is 0 Å². The maximum atomic E-state index is 12.1. The van der Waals surface area contributed by atoms with Crippen molar-refractivity contribution in [1.82, 2.24) is 14.5 Å². The average molecular weight is 243 g/mol. The van der Waals surface area contributed by atoms with E-state index in [0.29, 0.717) is 0 Å². The summed E-state index contributed by atoms with van der Waals surface area (Å²) in [4.78, 5) is 18.3. The van der Waals surface area contributed by atoms with Crippen molar-refractivity contribution in [3.05, 3.63) is 29.6 Å². The Morgan fingerprint density at radius 2 is 2.00 bits per heavy atom. The van der Waals surface area contributed by atoms with Crippen molar-refractivity contribution in [2.24, 2.45) is 0 Å². The molecule has 1 aliphatic heterocycles. The van der Waals surface area contributed by atoms with E-state index < -0.39 is 0 Å². The number of likely N-dealkylation sites (N-methyl/N-ethyl adjacent to an activating group) is 1. The van der Waals surface area contributed by atoms with Gasteiger partial charge in [-0.15, -0.1) is 0 Å². The van der Waals surface area contributed by atoms with E-state index in [9.17, 15) is 4.79 Å². The van der Waals surface area contributed by atoms with Gasteiger partial charge in [0.25, 0.3) is 0 Å². The molecule has 1 aromatic heterocycles. The molecular weight excluding hydrogens is 226 g/mol. The van der Waals surface area contributed by atoms with Crippen LogP contribution in [0.25, 0.3) is 11.0 Å². The number of nitrogens with zero attached hydrogens (tertiary/aromatic N) is 3. The van der Waals surface area contributed by atoms with E-state index in [1.807, 2.05) is 11.6 Å². The molecule has 4 heteroatoms. The molecular formula is C14H17N3O. The fourth-order valence-corrected chi connectivity index (χ4v) is 2.59. The largest absolute Gasteiger partial charge is 0.344 e. The maximum Gasteiger partial charge on any atom is 0.245 e. The van der Waals surface area contributed by atoms with Crippen LogP contribution in [0.5, 0.6) is 0 Å². The minimum absolute atomic E-state index is 0.0814. The first-order chi connectivity index (χ1) is 8.58. The number of fused-ring (bicyclic) bond motifs is 1. The Kier molecular flexibility index (Phi) is 2.40. The van der Waals surface area contributed by atoms with Gasteiger partial charge in [-0.1, -0.05) is 0 Å². The maximum absolute atomic E-state index is 12.1. The second-order valence-electron chi connectivity index (χ2n) is 5.14. The molecule has 0 bridgehead atoms. The summed E-state index contributed by atoms with van der Waals surface area (Å²) < 4.78 is 2.02. The number of aromatic nitrogens is 2. The summed E-state index contributed by atoms with van der Waals surface area (Å²) in [6.07, 6.45) is 2.67. The van der Waals surface area contributed by atoms with Crippen molar-refractivity contribution >= 4 is 16.9 Å². The van der Waals surface area contributed by atoms with Gasteiger partial charge in [-0.05, 0) is 43.5 Å². The van der Waals surface area contributed by atoms with Gasteiger partial charge < -0.3 is 9.47 Å². The third-order valence-electron chi connectivity index (χ3n) is 3.93. The zero-order chi connectivity index (χ0) is 12.9. The molecule has 0 radical (unpaired) electrons. The summed E-state index contributed by atoms with van der Waals surface area (Å²) in [7, 11) is 1.86. The van der Waals surface area contributed by atoms with Crippen molar-refractivity contribution in [2.45, 2.75) is 26.3 Å². The molecule has 0 aliphatic carbocycles. The highest BCUT2D eigenvalue weighted by molar-refractivity contribution is 5.85. The molecule has 18 heavy (non-hydrogen) atoms. The lowest BCUT2D eigenvalue weighted by atomic mass is 10.1. The van der Waals surface area contributed by atoms with Crippen LogP contribution in [0.15, 0.2) is 18.5 Å². The first-order valence-corrected chi connectivity index (χ1v) is 6.26. The van der Waals surface area contributed by atoms with Crippen LogP contribution in [0.2, 0.25) is 0 Å². The molecule has 4 nitrogen and oxygen atoms in total. The van der Waals surface area contributed by atoms with Gasteiger partial charge >= 0.3 is 0 Å². The summed E-state index contributed by atoms with van der Waals surface area (Å²) in [5.74, 6) is 0.188. The molecule has 1 aromatic carbocycles. The smallest absolute Gasteiger partial charge is 0.245 e. The number of aryl methyl sites for hydroxylation is 2. The van der Waals surface area contributed by atoms with Gasteiger partial charge in [0.15, 0.2) is 0 Å². The molecule has 2 heterocycles. The Labute approximate surface area is 106 Å². The average Bonchev–Trinajstić information content (AvgIpc) is 2.86. The third-order valence-corrected chi connectivity index (χ3v) is 3.93. The van der Waals surface area contributed by atoms with Gasteiger partial charge in [-0.2, -0.15) is 0 Å². The van der Waals surface area contributed by atoms with Crippen LogP contribution in [0, 0.1) is 13.8 Å². The van der Waals surface area contributed by atoms with Crippen LogP contribution < -0.4 is 0 Å². The fraction of sp³-hybridized carbons (Fsp3) is 0.429. The molecule has 1 amide bonds. The van der Waals surface area contributed by atoms with Crippen molar-refractivity contribution < 1.29 is 4.79 Å². The highest BCUT2D eigenvalue weighted by atomic mass is 16.2. The highest BCUT2D eigenvalue weighted by Crippen LogP contribution is 2.27. The summed E-state index contributed by atoms with van der Waals surface area (Å²) in [6.45, 7) is 5.00. The number of carbonyl (C=O) groups excluding carboxylic acids is 1. The van der Waals surface area contributed by atoms with Crippen LogP contribution in [0.4, 0.5) is 0 Å². The van der Waals surface area contributed by atoms with E-state index in [-0.39, 0.29) is 11.9 Å². The minimum atomic E-state index is -0.0814. The van der Waals surface area contributed by atoms with E-state index in [0.717, 1.165) is 24.0 Å². The quantitative estimate of drug-likeness (QED) is 0.769. The van der Waals surface area contributed by atoms with E-state index in [1.54, 1.807) is 11.2 Å². The number of imidazole rings is 1. The van der Waals surface area contributed by atoms with Crippen molar-refractivity contribution in [3.63, 3.8) is 0 Å². The number of rotatable bonds is 1. The number of amides is 1. The molecule has 1 aliphatic rings. The van der Waals surface area contributed by atoms with Crippen LogP contribution in [-0.2, 0) is 4.79 Å². The Morgan fingerprint density at radius 3 is 2.67 bits per heavy atom. The zero-order valence-corrected chi connectivity index (χ0v) is 11.0. The predicted octanol–water partition coefficient (Wildman–Crippen LogP) is 2.06. The first-order valence-electron chi connectivity index (χ1n) is 6.26. The van der Waals surface area contributed by atoms with Crippen LogP contribution >= 0.6 is 0 Å². The zero-order valence-electron chi connectivity index (χ0n) is 11.0. The van der Waals surface area contributed by atoms with Gasteiger partial charge in [0.2, 0.25) is 5.91 Å². The van der Waals surface area contributed by atoms with Crippen molar-refractivity contribution in [1.29, 1.82) is 0 Å². The third kappa shape index (κ3) is 1.52. The van der Waals surface area contributed by atoms with Crippen molar-refractivity contribution in [2.75, 3.05) is 13.6 Å². The molecule has 3 rings (SSSR count). The normalized spacial score (nSPS) is 20.1. The Balaban J connectivity index is 2.13. The molecule has 0 saturated carbocycles. The van der Waals surface area contributed by atoms with Gasteiger partial charge in [0.05, 0.1) is 17.4 Å². The Hall–Kier alpha value is -1.84. The molecule has 1 atom stereocenters. The lowest BCUT2D eigenvalue weighted by molar-refractivity contribution is -0.129. The molecule has 0 N–H and O–H groups in total. The second-order valence-corrected chi connectivity index (χ2v) is 5.14. The number of carbonyl (C=O) groups is 1. The Morgan fingerprint density at radius 1 is 1.28 bits per heavy atom. The number of benzene rings is 1. The topological polar surface area (TPSA) is 38.1 Å². The minimum Gasteiger partial charge on any atom is -0.344 e. The summed E-state index contributed by atoms with van der Waals surface area (Å²) in [6, 6.07) is 4.13. The van der Waals surface area contributed by atoms with E-state index in [1.165, 1.54) is 11.1 Å².